The maximum absolute atomic E-state index is 5.74. The molecule has 0 saturated heterocycles. The van der Waals surface area contributed by atoms with E-state index in [9.17, 15) is 0 Å². The third kappa shape index (κ3) is 3.48. The molecule has 7 nitrogen and oxygen atoms in total. The van der Waals surface area contributed by atoms with Gasteiger partial charge in [0.1, 0.15) is 5.75 Å². The van der Waals surface area contributed by atoms with E-state index in [2.05, 4.69) is 45.1 Å². The van der Waals surface area contributed by atoms with Gasteiger partial charge in [0.05, 0.1) is 30.9 Å². The van der Waals surface area contributed by atoms with Gasteiger partial charge in [-0.2, -0.15) is 4.98 Å². The molecule has 0 fully saturated rings. The average Bonchev–Trinajstić information content (AvgIpc) is 3.43. The Hall–Kier alpha value is -3.45. The van der Waals surface area contributed by atoms with Gasteiger partial charge in [-0.3, -0.25) is 4.90 Å². The molecule has 5 rings (SSSR count). The Morgan fingerprint density at radius 3 is 2.97 bits per heavy atom. The molecule has 152 valence electrons. The molecule has 4 aromatic rings. The van der Waals surface area contributed by atoms with E-state index in [-0.39, 0.29) is 6.04 Å². The highest BCUT2D eigenvalue weighted by Gasteiger charge is 2.33. The van der Waals surface area contributed by atoms with Gasteiger partial charge in [0.25, 0.3) is 0 Å². The summed E-state index contributed by atoms with van der Waals surface area (Å²) in [6, 6.07) is 16.1. The molecule has 1 aliphatic heterocycles. The summed E-state index contributed by atoms with van der Waals surface area (Å²) in [6.45, 7) is 3.48. The number of hydrogen-bond donors (Lipinski definition) is 1. The monoisotopic (exact) mass is 401 g/mol. The largest absolute Gasteiger partial charge is 0.496 e. The molecule has 7 heteroatoms. The fraction of sp³-hybridized carbons (Fsp3) is 0.261. The van der Waals surface area contributed by atoms with Crippen LogP contribution >= 0.6 is 0 Å². The molecular formula is C23H23N5O2. The van der Waals surface area contributed by atoms with Crippen LogP contribution in [0.25, 0.3) is 11.4 Å². The lowest BCUT2D eigenvalue weighted by molar-refractivity contribution is 0.127. The quantitative estimate of drug-likeness (QED) is 0.543. The zero-order chi connectivity index (χ0) is 20.5. The van der Waals surface area contributed by atoms with Crippen LogP contribution in [0.1, 0.15) is 34.4 Å². The number of para-hydroxylation sites is 1. The number of H-pyrrole nitrogens is 1. The molecule has 0 radical (unpaired) electrons. The zero-order valence-electron chi connectivity index (χ0n) is 17.0. The Kier molecular flexibility index (Phi) is 4.80. The first-order valence-electron chi connectivity index (χ1n) is 9.99. The standard InChI is InChI=1S/C23H23N5O2/c1-15-6-5-8-16(10-15)22-26-23(30-27-22)20-11-18-19(25-14-24-18)13-28(20)12-17-7-3-4-9-21(17)29-2/h3-10,14,20H,11-13H2,1-2H3,(H,24,25). The van der Waals surface area contributed by atoms with Crippen LogP contribution < -0.4 is 4.74 Å². The number of fused-ring (bicyclic) bond motifs is 1. The van der Waals surface area contributed by atoms with E-state index in [1.54, 1.807) is 13.4 Å². The van der Waals surface area contributed by atoms with Crippen molar-refractivity contribution in [3.8, 4) is 17.1 Å². The van der Waals surface area contributed by atoms with Gasteiger partial charge >= 0.3 is 0 Å². The molecule has 2 aromatic heterocycles. The molecule has 1 unspecified atom stereocenters. The van der Waals surface area contributed by atoms with Crippen molar-refractivity contribution in [3.05, 3.63) is 83.3 Å². The summed E-state index contributed by atoms with van der Waals surface area (Å²) in [5, 5.41) is 4.26. The zero-order valence-corrected chi connectivity index (χ0v) is 17.0. The van der Waals surface area contributed by atoms with Crippen molar-refractivity contribution in [3.63, 3.8) is 0 Å². The molecule has 2 aromatic carbocycles. The van der Waals surface area contributed by atoms with E-state index >= 15 is 0 Å². The number of methoxy groups -OCH3 is 1. The Labute approximate surface area is 174 Å². The first kappa shape index (κ1) is 18.6. The number of nitrogens with zero attached hydrogens (tertiary/aromatic N) is 4. The van der Waals surface area contributed by atoms with Crippen molar-refractivity contribution in [2.75, 3.05) is 7.11 Å². The fourth-order valence-electron chi connectivity index (χ4n) is 4.02. The molecule has 0 bridgehead atoms. The highest BCUT2D eigenvalue weighted by Crippen LogP contribution is 2.34. The summed E-state index contributed by atoms with van der Waals surface area (Å²) in [7, 11) is 1.70. The van der Waals surface area contributed by atoms with E-state index in [1.165, 1.54) is 0 Å². The summed E-state index contributed by atoms with van der Waals surface area (Å²) in [4.78, 5) is 14.8. The SMILES string of the molecule is COc1ccccc1CN1Cc2[nH]cnc2CC1c1nc(-c2cccc(C)c2)no1. The minimum Gasteiger partial charge on any atom is -0.496 e. The van der Waals surface area contributed by atoms with Crippen molar-refractivity contribution in [2.45, 2.75) is 32.5 Å². The van der Waals surface area contributed by atoms with Crippen LogP contribution in [-0.2, 0) is 19.5 Å². The van der Waals surface area contributed by atoms with E-state index in [4.69, 9.17) is 14.2 Å². The van der Waals surface area contributed by atoms with Crippen LogP contribution in [0.4, 0.5) is 0 Å². The van der Waals surface area contributed by atoms with E-state index < -0.39 is 0 Å². The second-order valence-electron chi connectivity index (χ2n) is 7.59. The minimum atomic E-state index is -0.0585. The van der Waals surface area contributed by atoms with Crippen molar-refractivity contribution >= 4 is 0 Å². The van der Waals surface area contributed by atoms with Gasteiger partial charge in [-0.25, -0.2) is 4.98 Å². The lowest BCUT2D eigenvalue weighted by atomic mass is 10.0. The van der Waals surface area contributed by atoms with E-state index in [0.29, 0.717) is 24.7 Å². The first-order valence-corrected chi connectivity index (χ1v) is 9.99. The Morgan fingerprint density at radius 2 is 2.10 bits per heavy atom. The number of ether oxygens (including phenoxy) is 1. The third-order valence-corrected chi connectivity index (χ3v) is 5.57. The Balaban J connectivity index is 1.48. The second-order valence-corrected chi connectivity index (χ2v) is 7.59. The topological polar surface area (TPSA) is 80.1 Å². The number of hydrogen-bond acceptors (Lipinski definition) is 6. The lowest BCUT2D eigenvalue weighted by Crippen LogP contribution is -2.34. The van der Waals surface area contributed by atoms with Gasteiger partial charge in [-0.1, -0.05) is 47.1 Å². The first-order chi connectivity index (χ1) is 14.7. The molecule has 0 saturated carbocycles. The molecule has 1 atom stereocenters. The van der Waals surface area contributed by atoms with Gasteiger partial charge in [-0.15, -0.1) is 0 Å². The number of aromatic nitrogens is 4. The van der Waals surface area contributed by atoms with Crippen LogP contribution in [0.15, 0.2) is 59.4 Å². The van der Waals surface area contributed by atoms with Gasteiger partial charge in [0.15, 0.2) is 0 Å². The highest BCUT2D eigenvalue weighted by atomic mass is 16.5. The molecule has 1 N–H and O–H groups in total. The maximum Gasteiger partial charge on any atom is 0.244 e. The van der Waals surface area contributed by atoms with Crippen molar-refractivity contribution in [2.24, 2.45) is 0 Å². The number of aromatic amines is 1. The van der Waals surface area contributed by atoms with Gasteiger partial charge < -0.3 is 14.2 Å². The summed E-state index contributed by atoms with van der Waals surface area (Å²) in [5.74, 6) is 2.09. The predicted octanol–water partition coefficient (Wildman–Crippen LogP) is 4.08. The predicted molar refractivity (Wildman–Crippen MR) is 112 cm³/mol. The van der Waals surface area contributed by atoms with Gasteiger partial charge in [0.2, 0.25) is 11.7 Å². The van der Waals surface area contributed by atoms with E-state index in [1.807, 2.05) is 30.3 Å². The van der Waals surface area contributed by atoms with E-state index in [0.717, 1.165) is 40.4 Å². The van der Waals surface area contributed by atoms with Crippen LogP contribution in [0.2, 0.25) is 0 Å². The molecule has 0 amide bonds. The smallest absolute Gasteiger partial charge is 0.244 e. The molecule has 0 spiro atoms. The number of aryl methyl sites for hydroxylation is 1. The molecule has 30 heavy (non-hydrogen) atoms. The number of imidazole rings is 1. The average molecular weight is 401 g/mol. The molecular weight excluding hydrogens is 378 g/mol. The Bertz CT molecular complexity index is 1170. The van der Waals surface area contributed by atoms with Crippen LogP contribution in [-0.4, -0.2) is 32.1 Å². The maximum atomic E-state index is 5.74. The number of benzene rings is 2. The molecule has 0 aliphatic carbocycles. The third-order valence-electron chi connectivity index (χ3n) is 5.57. The molecule has 3 heterocycles. The fourth-order valence-corrected chi connectivity index (χ4v) is 4.02. The second kappa shape index (κ2) is 7.76. The van der Waals surface area contributed by atoms with Crippen molar-refractivity contribution in [1.82, 2.24) is 25.0 Å². The number of rotatable bonds is 5. The minimum absolute atomic E-state index is 0.0585. The summed E-state index contributed by atoms with van der Waals surface area (Å²) >= 11 is 0. The van der Waals surface area contributed by atoms with Gasteiger partial charge in [0, 0.05) is 30.6 Å². The van der Waals surface area contributed by atoms with Crippen LogP contribution in [0.5, 0.6) is 5.75 Å². The van der Waals surface area contributed by atoms with Crippen LogP contribution in [0, 0.1) is 6.92 Å². The Morgan fingerprint density at radius 1 is 1.20 bits per heavy atom. The van der Waals surface area contributed by atoms with Crippen molar-refractivity contribution in [1.29, 1.82) is 0 Å². The summed E-state index contributed by atoms with van der Waals surface area (Å²) in [6.07, 6.45) is 2.46. The summed E-state index contributed by atoms with van der Waals surface area (Å²) < 4.78 is 11.3. The van der Waals surface area contributed by atoms with Gasteiger partial charge in [-0.05, 0) is 19.1 Å². The summed E-state index contributed by atoms with van der Waals surface area (Å²) in [5.41, 5.74) is 5.41. The number of nitrogens with one attached hydrogen (secondary N) is 1. The lowest BCUT2D eigenvalue weighted by Gasteiger charge is -2.33. The highest BCUT2D eigenvalue weighted by molar-refractivity contribution is 5.55. The molecule has 1 aliphatic rings. The van der Waals surface area contributed by atoms with Crippen LogP contribution in [0.3, 0.4) is 0 Å². The van der Waals surface area contributed by atoms with Crippen molar-refractivity contribution < 1.29 is 9.26 Å². The normalized spacial score (nSPS) is 16.4.